The van der Waals surface area contributed by atoms with Crippen LogP contribution in [-0.4, -0.2) is 25.2 Å². The Hall–Kier alpha value is -1.71. The zero-order chi connectivity index (χ0) is 12.3. The van der Waals surface area contributed by atoms with Gasteiger partial charge in [-0.05, 0) is 32.4 Å². The van der Waals surface area contributed by atoms with Gasteiger partial charge in [-0.25, -0.2) is 4.79 Å². The van der Waals surface area contributed by atoms with E-state index < -0.39 is 0 Å². The van der Waals surface area contributed by atoms with E-state index in [0.717, 1.165) is 30.9 Å². The molecule has 92 valence electrons. The Morgan fingerprint density at radius 3 is 2.94 bits per heavy atom. The fourth-order valence-electron chi connectivity index (χ4n) is 1.97. The molecule has 0 saturated carbocycles. The largest absolute Gasteiger partial charge is 0.383 e. The first kappa shape index (κ1) is 11.8. The summed E-state index contributed by atoms with van der Waals surface area (Å²) in [7, 11) is 0. The minimum Gasteiger partial charge on any atom is -0.383 e. The van der Waals surface area contributed by atoms with E-state index in [1.54, 1.807) is 0 Å². The average Bonchev–Trinajstić information content (AvgIpc) is 2.50. The Balaban J connectivity index is 2.25. The minimum absolute atomic E-state index is 0.0175. The number of hydrogen-bond acceptors (Lipinski definition) is 2. The molecule has 0 radical (unpaired) electrons. The maximum atomic E-state index is 12.1. The predicted octanol–water partition coefficient (Wildman–Crippen LogP) is 2.43. The lowest BCUT2D eigenvalue weighted by Gasteiger charge is -2.23. The molecule has 0 fully saturated rings. The summed E-state index contributed by atoms with van der Waals surface area (Å²) in [6, 6.07) is 8.07. The second-order valence-corrected chi connectivity index (χ2v) is 4.55. The maximum Gasteiger partial charge on any atom is 0.322 e. The van der Waals surface area contributed by atoms with Crippen LogP contribution in [0.5, 0.6) is 0 Å². The van der Waals surface area contributed by atoms with Crippen LogP contribution in [0.15, 0.2) is 24.3 Å². The van der Waals surface area contributed by atoms with Crippen molar-refractivity contribution in [2.75, 3.05) is 23.3 Å². The molecule has 0 atom stereocenters. The first-order chi connectivity index (χ1) is 8.18. The number of nitrogens with one attached hydrogen (secondary N) is 2. The lowest BCUT2D eigenvalue weighted by Crippen LogP contribution is -2.43. The van der Waals surface area contributed by atoms with E-state index in [-0.39, 0.29) is 12.1 Å². The minimum atomic E-state index is -0.0175. The van der Waals surface area contributed by atoms with Gasteiger partial charge in [0.1, 0.15) is 0 Å². The number of nitrogens with zero attached hydrogens (tertiary/aromatic N) is 1. The first-order valence-electron chi connectivity index (χ1n) is 6.09. The summed E-state index contributed by atoms with van der Waals surface area (Å²) in [5.41, 5.74) is 1.99. The van der Waals surface area contributed by atoms with E-state index >= 15 is 0 Å². The monoisotopic (exact) mass is 233 g/mol. The summed E-state index contributed by atoms with van der Waals surface area (Å²) in [6.07, 6.45) is 0.959. The van der Waals surface area contributed by atoms with Gasteiger partial charge in [-0.2, -0.15) is 0 Å². The lowest BCUT2D eigenvalue weighted by molar-refractivity contribution is 0.244. The highest BCUT2D eigenvalue weighted by atomic mass is 16.2. The Morgan fingerprint density at radius 1 is 1.41 bits per heavy atom. The van der Waals surface area contributed by atoms with Crippen molar-refractivity contribution < 1.29 is 4.79 Å². The van der Waals surface area contributed by atoms with Gasteiger partial charge >= 0.3 is 6.03 Å². The molecular weight excluding hydrogens is 214 g/mol. The number of carbonyl (C=O) groups excluding carboxylic acids is 1. The Morgan fingerprint density at radius 2 is 2.18 bits per heavy atom. The second-order valence-electron chi connectivity index (χ2n) is 4.55. The highest BCUT2D eigenvalue weighted by molar-refractivity contribution is 5.95. The molecule has 0 saturated heterocycles. The van der Waals surface area contributed by atoms with Crippen LogP contribution in [0, 0.1) is 0 Å². The summed E-state index contributed by atoms with van der Waals surface area (Å²) in [5.74, 6) is 0. The van der Waals surface area contributed by atoms with Crippen LogP contribution in [0.1, 0.15) is 20.3 Å². The summed E-state index contributed by atoms with van der Waals surface area (Å²) < 4.78 is 0. The van der Waals surface area contributed by atoms with Crippen molar-refractivity contribution in [2.24, 2.45) is 0 Å². The van der Waals surface area contributed by atoms with E-state index in [0.29, 0.717) is 0 Å². The van der Waals surface area contributed by atoms with Crippen molar-refractivity contribution >= 4 is 17.4 Å². The number of carbonyl (C=O) groups is 1. The van der Waals surface area contributed by atoms with E-state index in [4.69, 9.17) is 0 Å². The molecule has 4 nitrogen and oxygen atoms in total. The molecule has 0 unspecified atom stereocenters. The molecular formula is C13H19N3O. The molecule has 1 aromatic carbocycles. The van der Waals surface area contributed by atoms with Crippen LogP contribution in [0.25, 0.3) is 0 Å². The third-order valence-corrected chi connectivity index (χ3v) is 2.73. The zero-order valence-corrected chi connectivity index (χ0v) is 10.4. The molecule has 0 bridgehead atoms. The Labute approximate surface area is 102 Å². The van der Waals surface area contributed by atoms with Crippen molar-refractivity contribution in [3.63, 3.8) is 0 Å². The molecule has 2 amide bonds. The number of urea groups is 1. The molecule has 17 heavy (non-hydrogen) atoms. The van der Waals surface area contributed by atoms with Crippen LogP contribution in [-0.2, 0) is 0 Å². The number of para-hydroxylation sites is 2. The van der Waals surface area contributed by atoms with Gasteiger partial charge in [0.15, 0.2) is 0 Å². The van der Waals surface area contributed by atoms with Gasteiger partial charge in [-0.3, -0.25) is 4.90 Å². The number of anilines is 2. The average molecular weight is 233 g/mol. The predicted molar refractivity (Wildman–Crippen MR) is 70.6 cm³/mol. The second kappa shape index (κ2) is 5.08. The van der Waals surface area contributed by atoms with Crippen LogP contribution >= 0.6 is 0 Å². The fourth-order valence-corrected chi connectivity index (χ4v) is 1.97. The van der Waals surface area contributed by atoms with Gasteiger partial charge in [0.25, 0.3) is 0 Å². The SMILES string of the molecule is CC(C)NC(=O)N1CCCNc2ccccc21. The van der Waals surface area contributed by atoms with Gasteiger partial charge in [-0.1, -0.05) is 12.1 Å². The van der Waals surface area contributed by atoms with Gasteiger partial charge in [0.05, 0.1) is 11.4 Å². The van der Waals surface area contributed by atoms with Crippen molar-refractivity contribution in [2.45, 2.75) is 26.3 Å². The van der Waals surface area contributed by atoms with Gasteiger partial charge in [0, 0.05) is 19.1 Å². The molecule has 0 aliphatic carbocycles. The molecule has 1 heterocycles. The van der Waals surface area contributed by atoms with Crippen LogP contribution in [0.2, 0.25) is 0 Å². The number of hydrogen-bond donors (Lipinski definition) is 2. The first-order valence-corrected chi connectivity index (χ1v) is 6.09. The Bertz CT molecular complexity index is 403. The maximum absolute atomic E-state index is 12.1. The van der Waals surface area contributed by atoms with Gasteiger partial charge < -0.3 is 10.6 Å². The van der Waals surface area contributed by atoms with Crippen LogP contribution < -0.4 is 15.5 Å². The molecule has 2 rings (SSSR count). The standard InChI is InChI=1S/C13H19N3O/c1-10(2)15-13(17)16-9-5-8-14-11-6-3-4-7-12(11)16/h3-4,6-7,10,14H,5,8-9H2,1-2H3,(H,15,17). The van der Waals surface area contributed by atoms with Crippen molar-refractivity contribution in [3.8, 4) is 0 Å². The van der Waals surface area contributed by atoms with E-state index in [1.807, 2.05) is 43.0 Å². The van der Waals surface area contributed by atoms with Gasteiger partial charge in [-0.15, -0.1) is 0 Å². The summed E-state index contributed by atoms with van der Waals surface area (Å²) >= 11 is 0. The normalized spacial score (nSPS) is 14.9. The summed E-state index contributed by atoms with van der Waals surface area (Å²) in [4.78, 5) is 13.9. The van der Waals surface area contributed by atoms with Crippen LogP contribution in [0.4, 0.5) is 16.2 Å². The lowest BCUT2D eigenvalue weighted by atomic mass is 10.2. The summed E-state index contributed by atoms with van der Waals surface area (Å²) in [6.45, 7) is 5.60. The number of rotatable bonds is 1. The third kappa shape index (κ3) is 2.70. The quantitative estimate of drug-likeness (QED) is 0.782. The van der Waals surface area contributed by atoms with Crippen molar-refractivity contribution in [3.05, 3.63) is 24.3 Å². The number of benzene rings is 1. The molecule has 2 N–H and O–H groups in total. The zero-order valence-electron chi connectivity index (χ0n) is 10.4. The highest BCUT2D eigenvalue weighted by Crippen LogP contribution is 2.27. The number of fused-ring (bicyclic) bond motifs is 1. The van der Waals surface area contributed by atoms with Crippen LogP contribution in [0.3, 0.4) is 0 Å². The molecule has 1 aromatic rings. The van der Waals surface area contributed by atoms with E-state index in [9.17, 15) is 4.79 Å². The summed E-state index contributed by atoms with van der Waals surface area (Å²) in [5, 5.41) is 6.28. The third-order valence-electron chi connectivity index (χ3n) is 2.73. The van der Waals surface area contributed by atoms with Gasteiger partial charge in [0.2, 0.25) is 0 Å². The van der Waals surface area contributed by atoms with E-state index in [2.05, 4.69) is 10.6 Å². The number of amides is 2. The van der Waals surface area contributed by atoms with E-state index in [1.165, 1.54) is 0 Å². The molecule has 1 aliphatic heterocycles. The molecule has 1 aliphatic rings. The molecule has 4 heteroatoms. The highest BCUT2D eigenvalue weighted by Gasteiger charge is 2.20. The topological polar surface area (TPSA) is 44.4 Å². The Kier molecular flexibility index (Phi) is 3.52. The van der Waals surface area contributed by atoms with Crippen molar-refractivity contribution in [1.82, 2.24) is 5.32 Å². The fraction of sp³-hybridized carbons (Fsp3) is 0.462. The molecule has 0 spiro atoms. The molecule has 0 aromatic heterocycles. The van der Waals surface area contributed by atoms with Crippen molar-refractivity contribution in [1.29, 1.82) is 0 Å². The smallest absolute Gasteiger partial charge is 0.322 e.